The van der Waals surface area contributed by atoms with Crippen molar-refractivity contribution in [1.82, 2.24) is 10.3 Å². The molecule has 0 aliphatic heterocycles. The van der Waals surface area contributed by atoms with E-state index in [1.165, 1.54) is 0 Å². The van der Waals surface area contributed by atoms with Crippen molar-refractivity contribution < 1.29 is 9.53 Å². The molecule has 0 spiro atoms. The average Bonchev–Trinajstić information content (AvgIpc) is 3.12. The molecule has 0 atom stereocenters. The number of hydrogen-bond acceptors (Lipinski definition) is 4. The monoisotopic (exact) mass is 388 g/mol. The smallest absolute Gasteiger partial charge is 0.258 e. The van der Waals surface area contributed by atoms with Crippen molar-refractivity contribution in [1.29, 1.82) is 0 Å². The number of thiazole rings is 1. The highest BCUT2D eigenvalue weighted by molar-refractivity contribution is 7.15. The molecule has 4 rings (SSSR count). The Balaban J connectivity index is 1.37. The van der Waals surface area contributed by atoms with Crippen LogP contribution in [0.2, 0.25) is 0 Å². The molecular formula is C23H20N2O2S. The molecule has 0 radical (unpaired) electrons. The number of hydrogen-bond donors (Lipinski definition) is 1. The van der Waals surface area contributed by atoms with Crippen LogP contribution in [0.5, 0.6) is 5.75 Å². The van der Waals surface area contributed by atoms with Crippen LogP contribution >= 0.6 is 11.3 Å². The van der Waals surface area contributed by atoms with Gasteiger partial charge in [-0.1, -0.05) is 66.7 Å². The molecule has 0 aliphatic carbocycles. The molecule has 0 saturated heterocycles. The van der Waals surface area contributed by atoms with Crippen molar-refractivity contribution in [3.8, 4) is 16.3 Å². The van der Waals surface area contributed by atoms with Gasteiger partial charge in [-0.2, -0.15) is 0 Å². The Hall–Kier alpha value is -3.18. The van der Waals surface area contributed by atoms with E-state index in [0.717, 1.165) is 31.9 Å². The van der Waals surface area contributed by atoms with E-state index in [9.17, 15) is 4.79 Å². The van der Waals surface area contributed by atoms with Crippen LogP contribution in [0.3, 0.4) is 0 Å². The van der Waals surface area contributed by atoms with E-state index in [2.05, 4.69) is 10.3 Å². The molecule has 1 N–H and O–H groups in total. The van der Waals surface area contributed by atoms with E-state index in [-0.39, 0.29) is 12.5 Å². The SMILES string of the molecule is Cc1nc(-c2ccccc2)sc1CNC(=O)COc1cccc2ccccc12. The van der Waals surface area contributed by atoms with Gasteiger partial charge in [0.05, 0.1) is 12.2 Å². The molecule has 5 heteroatoms. The van der Waals surface area contributed by atoms with Crippen molar-refractivity contribution >= 4 is 28.0 Å². The number of aromatic nitrogens is 1. The first-order valence-electron chi connectivity index (χ1n) is 9.10. The number of amides is 1. The number of benzene rings is 3. The first kappa shape index (κ1) is 18.2. The van der Waals surface area contributed by atoms with Crippen LogP contribution < -0.4 is 10.1 Å². The predicted octanol–water partition coefficient (Wildman–Crippen LogP) is 4.97. The van der Waals surface area contributed by atoms with Crippen LogP contribution in [0.15, 0.2) is 72.8 Å². The minimum Gasteiger partial charge on any atom is -0.483 e. The lowest BCUT2D eigenvalue weighted by atomic mass is 10.1. The van der Waals surface area contributed by atoms with Gasteiger partial charge >= 0.3 is 0 Å². The number of nitrogens with one attached hydrogen (secondary N) is 1. The zero-order chi connectivity index (χ0) is 19.3. The summed E-state index contributed by atoms with van der Waals surface area (Å²) in [7, 11) is 0. The van der Waals surface area contributed by atoms with Crippen molar-refractivity contribution in [2.45, 2.75) is 13.5 Å². The maximum absolute atomic E-state index is 12.3. The summed E-state index contributed by atoms with van der Waals surface area (Å²) in [6.45, 7) is 2.41. The molecule has 0 bridgehead atoms. The number of carbonyl (C=O) groups is 1. The van der Waals surface area contributed by atoms with Crippen molar-refractivity contribution in [3.63, 3.8) is 0 Å². The summed E-state index contributed by atoms with van der Waals surface area (Å²) in [5.41, 5.74) is 2.03. The van der Waals surface area contributed by atoms with Gasteiger partial charge in [-0.05, 0) is 18.4 Å². The molecule has 1 heterocycles. The Kier molecular flexibility index (Phi) is 5.35. The summed E-state index contributed by atoms with van der Waals surface area (Å²) >= 11 is 1.60. The molecule has 0 saturated carbocycles. The fourth-order valence-corrected chi connectivity index (χ4v) is 4.00. The largest absolute Gasteiger partial charge is 0.483 e. The van der Waals surface area contributed by atoms with Crippen LogP contribution in [0.25, 0.3) is 21.3 Å². The molecular weight excluding hydrogens is 368 g/mol. The molecule has 4 aromatic rings. The average molecular weight is 388 g/mol. The normalized spacial score (nSPS) is 10.8. The van der Waals surface area contributed by atoms with Crippen LogP contribution in [0, 0.1) is 6.92 Å². The zero-order valence-electron chi connectivity index (χ0n) is 15.5. The van der Waals surface area contributed by atoms with Gasteiger partial charge in [0.1, 0.15) is 10.8 Å². The topological polar surface area (TPSA) is 51.2 Å². The highest BCUT2D eigenvalue weighted by atomic mass is 32.1. The summed E-state index contributed by atoms with van der Waals surface area (Å²) in [5, 5.41) is 5.99. The third kappa shape index (κ3) is 4.05. The lowest BCUT2D eigenvalue weighted by molar-refractivity contribution is -0.123. The van der Waals surface area contributed by atoms with Gasteiger partial charge in [0.2, 0.25) is 0 Å². The van der Waals surface area contributed by atoms with Crippen molar-refractivity contribution in [3.05, 3.63) is 83.4 Å². The highest BCUT2D eigenvalue weighted by Crippen LogP contribution is 2.28. The fraction of sp³-hybridized carbons (Fsp3) is 0.130. The Bertz CT molecular complexity index is 1100. The second kappa shape index (κ2) is 8.23. The van der Waals surface area contributed by atoms with Gasteiger partial charge in [0.15, 0.2) is 6.61 Å². The number of carbonyl (C=O) groups excluding carboxylic acids is 1. The maximum atomic E-state index is 12.3. The van der Waals surface area contributed by atoms with Gasteiger partial charge in [0.25, 0.3) is 5.91 Å². The molecule has 0 aliphatic rings. The Morgan fingerprint density at radius 1 is 1.00 bits per heavy atom. The quantitative estimate of drug-likeness (QED) is 0.507. The predicted molar refractivity (Wildman–Crippen MR) is 114 cm³/mol. The number of fused-ring (bicyclic) bond motifs is 1. The van der Waals surface area contributed by atoms with E-state index in [0.29, 0.717) is 12.3 Å². The van der Waals surface area contributed by atoms with Gasteiger partial charge in [0, 0.05) is 15.8 Å². The molecule has 0 fully saturated rings. The second-order valence-corrected chi connectivity index (χ2v) is 7.52. The van der Waals surface area contributed by atoms with Gasteiger partial charge in [-0.25, -0.2) is 4.98 Å². The molecule has 4 nitrogen and oxygen atoms in total. The summed E-state index contributed by atoms with van der Waals surface area (Å²) in [4.78, 5) is 17.9. The van der Waals surface area contributed by atoms with Crippen LogP contribution in [-0.4, -0.2) is 17.5 Å². The molecule has 1 aromatic heterocycles. The summed E-state index contributed by atoms with van der Waals surface area (Å²) < 4.78 is 5.75. The minimum atomic E-state index is -0.151. The van der Waals surface area contributed by atoms with Gasteiger partial charge in [-0.15, -0.1) is 11.3 Å². The summed E-state index contributed by atoms with van der Waals surface area (Å²) in [5.74, 6) is 0.565. The first-order chi connectivity index (χ1) is 13.7. The number of aryl methyl sites for hydroxylation is 1. The Labute approximate surface area is 167 Å². The number of nitrogens with zero attached hydrogens (tertiary/aromatic N) is 1. The maximum Gasteiger partial charge on any atom is 0.258 e. The molecule has 28 heavy (non-hydrogen) atoms. The lowest BCUT2D eigenvalue weighted by Crippen LogP contribution is -2.28. The van der Waals surface area contributed by atoms with E-state index in [4.69, 9.17) is 4.74 Å². The number of rotatable bonds is 6. The molecule has 0 unspecified atom stereocenters. The minimum absolute atomic E-state index is 0.0165. The Morgan fingerprint density at radius 2 is 1.75 bits per heavy atom. The van der Waals surface area contributed by atoms with Gasteiger partial charge < -0.3 is 10.1 Å². The van der Waals surface area contributed by atoms with Gasteiger partial charge in [-0.3, -0.25) is 4.79 Å². The van der Waals surface area contributed by atoms with Crippen LogP contribution in [-0.2, 0) is 11.3 Å². The lowest BCUT2D eigenvalue weighted by Gasteiger charge is -2.09. The standard InChI is InChI=1S/C23H20N2O2S/c1-16-21(28-23(25-16)18-9-3-2-4-10-18)14-24-22(26)15-27-20-13-7-11-17-8-5-6-12-19(17)20/h2-13H,14-15H2,1H3,(H,24,26). The van der Waals surface area contributed by atoms with E-state index in [1.54, 1.807) is 11.3 Å². The van der Waals surface area contributed by atoms with Crippen LogP contribution in [0.1, 0.15) is 10.6 Å². The Morgan fingerprint density at radius 3 is 2.61 bits per heavy atom. The van der Waals surface area contributed by atoms with Crippen molar-refractivity contribution in [2.75, 3.05) is 6.61 Å². The highest BCUT2D eigenvalue weighted by Gasteiger charge is 2.11. The first-order valence-corrected chi connectivity index (χ1v) is 9.91. The molecule has 140 valence electrons. The summed E-state index contributed by atoms with van der Waals surface area (Å²) in [6, 6.07) is 23.9. The van der Waals surface area contributed by atoms with Crippen molar-refractivity contribution in [2.24, 2.45) is 0 Å². The summed E-state index contributed by atoms with van der Waals surface area (Å²) in [6.07, 6.45) is 0. The molecule has 1 amide bonds. The third-order valence-electron chi connectivity index (χ3n) is 4.47. The second-order valence-electron chi connectivity index (χ2n) is 6.44. The fourth-order valence-electron chi connectivity index (χ4n) is 2.99. The van der Waals surface area contributed by atoms with E-state index >= 15 is 0 Å². The van der Waals surface area contributed by atoms with Crippen LogP contribution in [0.4, 0.5) is 0 Å². The third-order valence-corrected chi connectivity index (χ3v) is 5.67. The molecule has 3 aromatic carbocycles. The number of ether oxygens (including phenoxy) is 1. The van der Waals surface area contributed by atoms with E-state index in [1.807, 2.05) is 79.7 Å². The van der Waals surface area contributed by atoms with E-state index < -0.39 is 0 Å². The zero-order valence-corrected chi connectivity index (χ0v) is 16.3.